The summed E-state index contributed by atoms with van der Waals surface area (Å²) in [6.45, 7) is 4.40. The number of aliphatic carboxylic acids is 1. The first-order chi connectivity index (χ1) is 10.1. The molecule has 2 aliphatic rings. The third-order valence-electron chi connectivity index (χ3n) is 4.81. The first kappa shape index (κ1) is 16.1. The molecule has 0 aromatic carbocycles. The van der Waals surface area contributed by atoms with E-state index in [4.69, 9.17) is 0 Å². The van der Waals surface area contributed by atoms with Crippen LogP contribution in [0.2, 0.25) is 0 Å². The summed E-state index contributed by atoms with van der Waals surface area (Å²) in [6.07, 6.45) is 5.73. The molecule has 6 nitrogen and oxygen atoms in total. The monoisotopic (exact) mass is 297 g/mol. The minimum atomic E-state index is -1.06. The zero-order valence-corrected chi connectivity index (χ0v) is 12.9. The van der Waals surface area contributed by atoms with Crippen molar-refractivity contribution < 1.29 is 14.7 Å². The van der Waals surface area contributed by atoms with E-state index in [1.54, 1.807) is 4.90 Å². The van der Waals surface area contributed by atoms with Gasteiger partial charge in [-0.2, -0.15) is 0 Å². The fourth-order valence-electron chi connectivity index (χ4n) is 3.51. The van der Waals surface area contributed by atoms with Gasteiger partial charge < -0.3 is 20.6 Å². The van der Waals surface area contributed by atoms with Crippen molar-refractivity contribution in [1.29, 1.82) is 0 Å². The lowest BCUT2D eigenvalue weighted by Crippen LogP contribution is -2.60. The van der Waals surface area contributed by atoms with E-state index in [0.717, 1.165) is 45.2 Å². The lowest BCUT2D eigenvalue weighted by molar-refractivity contribution is -0.146. The molecule has 2 amide bonds. The molecule has 6 heteroatoms. The van der Waals surface area contributed by atoms with Gasteiger partial charge in [0.15, 0.2) is 0 Å². The van der Waals surface area contributed by atoms with Gasteiger partial charge in [0.05, 0.1) is 0 Å². The summed E-state index contributed by atoms with van der Waals surface area (Å²) in [5, 5.41) is 15.7. The molecule has 0 spiro atoms. The van der Waals surface area contributed by atoms with Crippen molar-refractivity contribution in [3.63, 3.8) is 0 Å². The van der Waals surface area contributed by atoms with Gasteiger partial charge in [0.1, 0.15) is 5.54 Å². The highest BCUT2D eigenvalue weighted by Crippen LogP contribution is 2.29. The van der Waals surface area contributed by atoms with Crippen molar-refractivity contribution in [3.05, 3.63) is 0 Å². The van der Waals surface area contributed by atoms with E-state index in [1.807, 2.05) is 6.92 Å². The molecular weight excluding hydrogens is 270 g/mol. The third kappa shape index (κ3) is 3.67. The number of carbonyl (C=O) groups excluding carboxylic acids is 1. The number of piperidine rings is 1. The Hall–Kier alpha value is -1.30. The van der Waals surface area contributed by atoms with Crippen LogP contribution in [0.15, 0.2) is 0 Å². The molecule has 0 radical (unpaired) electrons. The highest BCUT2D eigenvalue weighted by Gasteiger charge is 2.42. The zero-order valence-electron chi connectivity index (χ0n) is 12.9. The van der Waals surface area contributed by atoms with E-state index in [2.05, 4.69) is 10.6 Å². The maximum Gasteiger partial charge on any atom is 0.329 e. The number of nitrogens with zero attached hydrogens (tertiary/aromatic N) is 1. The number of hydrogen-bond donors (Lipinski definition) is 3. The second kappa shape index (κ2) is 7.11. The van der Waals surface area contributed by atoms with Crippen LogP contribution in [0.3, 0.4) is 0 Å². The topological polar surface area (TPSA) is 81.7 Å². The molecule has 1 heterocycles. The normalized spacial score (nSPS) is 22.5. The van der Waals surface area contributed by atoms with E-state index in [9.17, 15) is 14.7 Å². The van der Waals surface area contributed by atoms with Crippen LogP contribution in [0.5, 0.6) is 0 Å². The van der Waals surface area contributed by atoms with Gasteiger partial charge in [0, 0.05) is 12.6 Å². The molecular formula is C15H27N3O3. The summed E-state index contributed by atoms with van der Waals surface area (Å²) < 4.78 is 0. The van der Waals surface area contributed by atoms with Crippen molar-refractivity contribution >= 4 is 12.0 Å². The number of nitrogens with one attached hydrogen (secondary N) is 2. The summed E-state index contributed by atoms with van der Waals surface area (Å²) in [7, 11) is 0. The van der Waals surface area contributed by atoms with Gasteiger partial charge in [0.25, 0.3) is 0 Å². The predicted molar refractivity (Wildman–Crippen MR) is 80.3 cm³/mol. The first-order valence-corrected chi connectivity index (χ1v) is 8.12. The molecule has 0 aromatic heterocycles. The number of carboxylic acids is 1. The summed E-state index contributed by atoms with van der Waals surface area (Å²) in [6, 6.07) is -0.000569. The van der Waals surface area contributed by atoms with Crippen molar-refractivity contribution in [3.8, 4) is 0 Å². The standard InChI is InChI=1S/C15H27N3O3/c1-2-18(12-6-10-16-11-7-12)14(21)17-15(13(19)20)8-4-3-5-9-15/h12,16H,2-11H2,1H3,(H,17,21)(H,19,20). The molecule has 0 aromatic rings. The fourth-order valence-corrected chi connectivity index (χ4v) is 3.51. The second-order valence-electron chi connectivity index (χ2n) is 6.15. The molecule has 3 N–H and O–H groups in total. The van der Waals surface area contributed by atoms with Gasteiger partial charge in [-0.25, -0.2) is 9.59 Å². The lowest BCUT2D eigenvalue weighted by atomic mass is 9.82. The van der Waals surface area contributed by atoms with E-state index in [0.29, 0.717) is 19.4 Å². The maximum atomic E-state index is 12.6. The Kier molecular flexibility index (Phi) is 5.45. The van der Waals surface area contributed by atoms with Gasteiger partial charge in [-0.3, -0.25) is 0 Å². The molecule has 2 fully saturated rings. The minimum Gasteiger partial charge on any atom is -0.480 e. The van der Waals surface area contributed by atoms with Crippen molar-refractivity contribution in [2.24, 2.45) is 0 Å². The third-order valence-corrected chi connectivity index (χ3v) is 4.81. The van der Waals surface area contributed by atoms with Crippen LogP contribution in [-0.2, 0) is 4.79 Å². The van der Waals surface area contributed by atoms with Crippen LogP contribution in [0, 0.1) is 0 Å². The highest BCUT2D eigenvalue weighted by atomic mass is 16.4. The number of carboxylic acid groups (broad SMARTS) is 1. The SMILES string of the molecule is CCN(C(=O)NC1(C(=O)O)CCCCC1)C1CCNCC1. The van der Waals surface area contributed by atoms with Crippen LogP contribution in [0.25, 0.3) is 0 Å². The summed E-state index contributed by atoms with van der Waals surface area (Å²) in [5.41, 5.74) is -1.06. The van der Waals surface area contributed by atoms with E-state index >= 15 is 0 Å². The first-order valence-electron chi connectivity index (χ1n) is 8.12. The lowest BCUT2D eigenvalue weighted by Gasteiger charge is -2.39. The molecule has 120 valence electrons. The Morgan fingerprint density at radius 3 is 2.38 bits per heavy atom. The number of amides is 2. The summed E-state index contributed by atoms with van der Waals surface area (Å²) in [5.74, 6) is -0.892. The molecule has 0 bridgehead atoms. The molecule has 1 saturated heterocycles. The molecule has 0 atom stereocenters. The van der Waals surface area contributed by atoms with E-state index in [1.165, 1.54) is 0 Å². The van der Waals surface area contributed by atoms with Crippen LogP contribution in [0.4, 0.5) is 4.79 Å². The van der Waals surface area contributed by atoms with Crippen molar-refractivity contribution in [1.82, 2.24) is 15.5 Å². The van der Waals surface area contributed by atoms with Crippen molar-refractivity contribution in [2.45, 2.75) is 63.5 Å². The predicted octanol–water partition coefficient (Wildman–Crippen LogP) is 1.56. The Morgan fingerprint density at radius 2 is 1.86 bits per heavy atom. The minimum absolute atomic E-state index is 0.214. The second-order valence-corrected chi connectivity index (χ2v) is 6.15. The van der Waals surface area contributed by atoms with Gasteiger partial charge in [0.2, 0.25) is 0 Å². The molecule has 0 unspecified atom stereocenters. The number of rotatable bonds is 4. The van der Waals surface area contributed by atoms with Crippen LogP contribution >= 0.6 is 0 Å². The van der Waals surface area contributed by atoms with Gasteiger partial charge in [-0.05, 0) is 45.7 Å². The van der Waals surface area contributed by atoms with E-state index < -0.39 is 11.5 Å². The molecule has 1 aliphatic carbocycles. The fraction of sp³-hybridized carbons (Fsp3) is 0.867. The quantitative estimate of drug-likeness (QED) is 0.735. The number of carbonyl (C=O) groups is 2. The smallest absolute Gasteiger partial charge is 0.329 e. The van der Waals surface area contributed by atoms with Gasteiger partial charge in [-0.1, -0.05) is 19.3 Å². The average molecular weight is 297 g/mol. The van der Waals surface area contributed by atoms with Crippen molar-refractivity contribution in [2.75, 3.05) is 19.6 Å². The van der Waals surface area contributed by atoms with Crippen LogP contribution in [-0.4, -0.2) is 53.2 Å². The Morgan fingerprint density at radius 1 is 1.24 bits per heavy atom. The largest absolute Gasteiger partial charge is 0.480 e. The zero-order chi connectivity index (χ0) is 15.3. The maximum absolute atomic E-state index is 12.6. The van der Waals surface area contributed by atoms with Crippen LogP contribution < -0.4 is 10.6 Å². The summed E-state index contributed by atoms with van der Waals surface area (Å²) >= 11 is 0. The van der Waals surface area contributed by atoms with Gasteiger partial charge in [-0.15, -0.1) is 0 Å². The highest BCUT2D eigenvalue weighted by molar-refractivity contribution is 5.86. The molecule has 1 saturated carbocycles. The Balaban J connectivity index is 2.04. The average Bonchev–Trinajstić information content (AvgIpc) is 2.50. The molecule has 2 rings (SSSR count). The molecule has 1 aliphatic heterocycles. The Labute approximate surface area is 126 Å². The summed E-state index contributed by atoms with van der Waals surface area (Å²) in [4.78, 5) is 26.0. The van der Waals surface area contributed by atoms with E-state index in [-0.39, 0.29) is 12.1 Å². The van der Waals surface area contributed by atoms with Gasteiger partial charge >= 0.3 is 12.0 Å². The number of hydrogen-bond acceptors (Lipinski definition) is 3. The number of urea groups is 1. The Bertz CT molecular complexity index is 374. The van der Waals surface area contributed by atoms with Crippen LogP contribution in [0.1, 0.15) is 51.9 Å². The molecule has 21 heavy (non-hydrogen) atoms.